The quantitative estimate of drug-likeness (QED) is 0.170. The maximum absolute atomic E-state index is 11.8. The van der Waals surface area contributed by atoms with E-state index < -0.39 is 43.2 Å². The summed E-state index contributed by atoms with van der Waals surface area (Å²) >= 11 is 7.31. The first-order chi connectivity index (χ1) is 17.7. The Kier molecular flexibility index (Phi) is 8.69. The molecule has 2 aromatic heterocycles. The minimum atomic E-state index is -1.38. The van der Waals surface area contributed by atoms with Crippen LogP contribution in [-0.2, 0) is 9.47 Å². The number of aliphatic hydroxyl groups is 4. The van der Waals surface area contributed by atoms with E-state index in [2.05, 4.69) is 15.0 Å². The van der Waals surface area contributed by atoms with Gasteiger partial charge in [-0.2, -0.15) is 0 Å². The zero-order chi connectivity index (χ0) is 26.7. The predicted octanol–water partition coefficient (Wildman–Crippen LogP) is 0.382. The second-order valence-corrected chi connectivity index (χ2v) is 9.46. The number of ether oxygens (including phenoxy) is 3. The first-order valence-electron chi connectivity index (χ1n) is 11.3. The summed E-state index contributed by atoms with van der Waals surface area (Å²) in [7, 11) is 0. The number of anilines is 1. The molecule has 200 valence electrons. The van der Waals surface area contributed by atoms with Crippen LogP contribution < -0.4 is 10.5 Å². The number of esters is 1. The monoisotopic (exact) mass is 555 g/mol. The molecule has 3 aromatic rings. The van der Waals surface area contributed by atoms with Crippen molar-refractivity contribution in [3.05, 3.63) is 35.1 Å². The van der Waals surface area contributed by atoms with Crippen LogP contribution in [0.5, 0.6) is 5.75 Å². The van der Waals surface area contributed by atoms with Crippen molar-refractivity contribution in [3.63, 3.8) is 0 Å². The molecule has 6 N–H and O–H groups in total. The number of rotatable bonds is 10. The molecule has 0 spiro atoms. The summed E-state index contributed by atoms with van der Waals surface area (Å²) in [6.45, 7) is 1.31. The number of imidazole rings is 1. The molecule has 37 heavy (non-hydrogen) atoms. The van der Waals surface area contributed by atoms with Gasteiger partial charge in [-0.05, 0) is 25.1 Å². The third-order valence-corrected chi connectivity index (χ3v) is 6.92. The van der Waals surface area contributed by atoms with Crippen LogP contribution in [0.1, 0.15) is 23.5 Å². The fourth-order valence-corrected chi connectivity index (χ4v) is 4.85. The molecule has 5 atom stereocenters. The highest BCUT2D eigenvalue weighted by atomic mass is 35.5. The van der Waals surface area contributed by atoms with Crippen molar-refractivity contribution >= 4 is 46.3 Å². The summed E-state index contributed by atoms with van der Waals surface area (Å²) in [5.74, 6) is -0.0262. The van der Waals surface area contributed by atoms with Gasteiger partial charge in [-0.15, -0.1) is 0 Å². The summed E-state index contributed by atoms with van der Waals surface area (Å²) in [6, 6.07) is 4.44. The molecule has 0 amide bonds. The molecule has 1 aliphatic heterocycles. The molecule has 1 aromatic carbocycles. The number of halogens is 1. The van der Waals surface area contributed by atoms with Crippen molar-refractivity contribution in [1.29, 1.82) is 0 Å². The van der Waals surface area contributed by atoms with Gasteiger partial charge >= 0.3 is 5.97 Å². The summed E-state index contributed by atoms with van der Waals surface area (Å²) < 4.78 is 17.6. The molecule has 13 nitrogen and oxygen atoms in total. The van der Waals surface area contributed by atoms with Gasteiger partial charge in [0.05, 0.1) is 29.9 Å². The average molecular weight is 556 g/mol. The molecule has 0 aliphatic carbocycles. The van der Waals surface area contributed by atoms with Gasteiger partial charge in [-0.3, -0.25) is 4.57 Å². The first-order valence-corrected chi connectivity index (χ1v) is 12.6. The van der Waals surface area contributed by atoms with Gasteiger partial charge in [0.25, 0.3) is 0 Å². The van der Waals surface area contributed by atoms with Crippen LogP contribution in [0.4, 0.5) is 5.82 Å². The molecule has 1 aliphatic rings. The number of hydrogen-bond donors (Lipinski definition) is 5. The van der Waals surface area contributed by atoms with Crippen molar-refractivity contribution in [1.82, 2.24) is 19.5 Å². The number of nitrogens with two attached hydrogens (primary N) is 1. The number of benzene rings is 1. The maximum Gasteiger partial charge on any atom is 0.338 e. The molecular formula is C22H26ClN5O8S. The molecule has 0 radical (unpaired) electrons. The molecular weight excluding hydrogens is 530 g/mol. The van der Waals surface area contributed by atoms with Crippen LogP contribution in [0.15, 0.2) is 29.7 Å². The Hall–Kier alpha value is -2.72. The van der Waals surface area contributed by atoms with Crippen LogP contribution in [0.3, 0.4) is 0 Å². The number of carbonyl (C=O) groups excluding carboxylic acids is 1. The highest BCUT2D eigenvalue weighted by molar-refractivity contribution is 7.99. The molecule has 1 saturated heterocycles. The smallest absolute Gasteiger partial charge is 0.338 e. The van der Waals surface area contributed by atoms with Crippen LogP contribution in [0.2, 0.25) is 5.02 Å². The standard InChI is InChI=1S/C22H26ClN5O8S/c1-2-34-21(33)10-3-4-13(12(23)5-10)35-7-11(30)8-37-22-27-15-18(24)25-9-26-19(15)28(22)20-17(32)16(31)14(6-29)36-20/h3-5,9,11,14,16-17,20,29-32H,2,6-8H2,1H3,(H2,24,25,26)/t11-,14+,16+,17+,20+/m0/s1. The van der Waals surface area contributed by atoms with Crippen molar-refractivity contribution < 1.29 is 39.4 Å². The van der Waals surface area contributed by atoms with Gasteiger partial charge in [0.2, 0.25) is 0 Å². The fourth-order valence-electron chi connectivity index (χ4n) is 3.69. The lowest BCUT2D eigenvalue weighted by atomic mass is 10.1. The summed E-state index contributed by atoms with van der Waals surface area (Å²) in [5.41, 5.74) is 6.73. The molecule has 0 unspecified atom stereocenters. The third kappa shape index (κ3) is 5.75. The third-order valence-electron chi connectivity index (χ3n) is 5.52. The van der Waals surface area contributed by atoms with Gasteiger partial charge in [-0.1, -0.05) is 23.4 Å². The summed E-state index contributed by atoms with van der Waals surface area (Å²) in [6.07, 6.45) is -4.58. The van der Waals surface area contributed by atoms with Crippen molar-refractivity contribution in [2.45, 2.75) is 42.7 Å². The predicted molar refractivity (Wildman–Crippen MR) is 132 cm³/mol. The number of aromatic nitrogens is 4. The number of carbonyl (C=O) groups is 1. The van der Waals surface area contributed by atoms with E-state index in [9.17, 15) is 25.2 Å². The molecule has 3 heterocycles. The van der Waals surface area contributed by atoms with Gasteiger partial charge in [0, 0.05) is 5.75 Å². The number of aliphatic hydroxyl groups excluding tert-OH is 4. The largest absolute Gasteiger partial charge is 0.489 e. The van der Waals surface area contributed by atoms with Gasteiger partial charge in [0.1, 0.15) is 37.0 Å². The van der Waals surface area contributed by atoms with Gasteiger partial charge < -0.3 is 40.4 Å². The van der Waals surface area contributed by atoms with E-state index in [0.717, 1.165) is 11.8 Å². The first kappa shape index (κ1) is 27.3. The Morgan fingerprint density at radius 3 is 2.78 bits per heavy atom. The van der Waals surface area contributed by atoms with Gasteiger partial charge in [0.15, 0.2) is 28.4 Å². The minimum Gasteiger partial charge on any atom is -0.489 e. The van der Waals surface area contributed by atoms with Crippen molar-refractivity contribution in [2.24, 2.45) is 0 Å². The lowest BCUT2D eigenvalue weighted by Crippen LogP contribution is -2.33. The van der Waals surface area contributed by atoms with E-state index in [4.69, 9.17) is 31.5 Å². The van der Waals surface area contributed by atoms with Crippen LogP contribution in [0, 0.1) is 0 Å². The number of thioether (sulfide) groups is 1. The van der Waals surface area contributed by atoms with E-state index in [1.807, 2.05) is 0 Å². The van der Waals surface area contributed by atoms with Crippen LogP contribution in [0.25, 0.3) is 11.2 Å². The second-order valence-electron chi connectivity index (χ2n) is 8.07. The van der Waals surface area contributed by atoms with Crippen LogP contribution >= 0.6 is 23.4 Å². The second kappa shape index (κ2) is 11.8. The topological polar surface area (TPSA) is 195 Å². The van der Waals surface area contributed by atoms with E-state index in [1.54, 1.807) is 6.92 Å². The maximum atomic E-state index is 11.8. The zero-order valence-corrected chi connectivity index (χ0v) is 21.2. The molecule has 4 rings (SSSR count). The van der Waals surface area contributed by atoms with E-state index in [1.165, 1.54) is 29.1 Å². The Morgan fingerprint density at radius 1 is 1.32 bits per heavy atom. The normalized spacial score (nSPS) is 22.3. The number of nitrogen functional groups attached to an aromatic ring is 1. The van der Waals surface area contributed by atoms with Gasteiger partial charge in [-0.25, -0.2) is 19.7 Å². The van der Waals surface area contributed by atoms with Crippen molar-refractivity contribution in [2.75, 3.05) is 31.3 Å². The zero-order valence-electron chi connectivity index (χ0n) is 19.6. The van der Waals surface area contributed by atoms with Crippen LogP contribution in [-0.4, -0.2) is 95.9 Å². The molecule has 15 heteroatoms. The summed E-state index contributed by atoms with van der Waals surface area (Å²) in [5, 5.41) is 41.2. The highest BCUT2D eigenvalue weighted by Gasteiger charge is 2.45. The SMILES string of the molecule is CCOC(=O)c1ccc(OC[C@H](O)CSc2nc3c(N)ncnc3n2[C@@H]2O[C@H](CO)[C@@H](O)[C@H]2O)c(Cl)c1. The number of nitrogens with zero attached hydrogens (tertiary/aromatic N) is 4. The Bertz CT molecular complexity index is 1260. The lowest BCUT2D eigenvalue weighted by Gasteiger charge is -2.19. The molecule has 0 saturated carbocycles. The van der Waals surface area contributed by atoms with Crippen molar-refractivity contribution in [3.8, 4) is 5.75 Å². The Morgan fingerprint density at radius 2 is 2.11 bits per heavy atom. The van der Waals surface area contributed by atoms with E-state index in [0.29, 0.717) is 0 Å². The summed E-state index contributed by atoms with van der Waals surface area (Å²) in [4.78, 5) is 24.4. The van der Waals surface area contributed by atoms with E-state index in [-0.39, 0.29) is 57.4 Å². The number of hydrogen-bond acceptors (Lipinski definition) is 13. The Labute approximate surface area is 220 Å². The highest BCUT2D eigenvalue weighted by Crippen LogP contribution is 2.36. The van der Waals surface area contributed by atoms with E-state index >= 15 is 0 Å². The molecule has 1 fully saturated rings. The Balaban J connectivity index is 1.46. The fraction of sp³-hybridized carbons (Fsp3) is 0.455. The molecule has 0 bridgehead atoms. The minimum absolute atomic E-state index is 0.0992. The lowest BCUT2D eigenvalue weighted by molar-refractivity contribution is -0.0548. The number of fused-ring (bicyclic) bond motifs is 1. The average Bonchev–Trinajstić information content (AvgIpc) is 3.39.